The topological polar surface area (TPSA) is 203 Å². The molecule has 1 saturated carbocycles. The van der Waals surface area contributed by atoms with Gasteiger partial charge in [0.1, 0.15) is 12.2 Å². The number of imidazole rings is 1. The number of carbonyl (C=O) groups excluding carboxylic acids is 2. The van der Waals surface area contributed by atoms with E-state index in [9.17, 15) is 24.9 Å². The van der Waals surface area contributed by atoms with Gasteiger partial charge < -0.3 is 46.1 Å². The molecule has 0 bridgehead atoms. The van der Waals surface area contributed by atoms with Crippen LogP contribution >= 0.6 is 0 Å². The molecule has 1 aliphatic heterocycles. The van der Waals surface area contributed by atoms with E-state index in [2.05, 4.69) is 50.5 Å². The van der Waals surface area contributed by atoms with Crippen LogP contribution in [0.2, 0.25) is 0 Å². The maximum absolute atomic E-state index is 12.8. The number of benzene rings is 2. The van der Waals surface area contributed by atoms with E-state index >= 15 is 0 Å². The molecule has 52 heavy (non-hydrogen) atoms. The molecule has 15 heteroatoms. The van der Waals surface area contributed by atoms with Gasteiger partial charge in [0.2, 0.25) is 11.9 Å². The van der Waals surface area contributed by atoms with Crippen molar-refractivity contribution in [2.24, 2.45) is 0 Å². The lowest BCUT2D eigenvalue weighted by Gasteiger charge is -2.22. The molecular weight excluding hydrogens is 664 g/mol. The van der Waals surface area contributed by atoms with Crippen LogP contribution in [-0.4, -0.2) is 102 Å². The monoisotopic (exact) mass is 706 g/mol. The molecule has 0 spiro atoms. The molecule has 7 rings (SSSR count). The minimum atomic E-state index is -1.23. The zero-order valence-electron chi connectivity index (χ0n) is 28.4. The molecule has 5 unspecified atom stereocenters. The van der Waals surface area contributed by atoms with Crippen molar-refractivity contribution in [1.29, 1.82) is 0 Å². The fourth-order valence-corrected chi connectivity index (χ4v) is 7.07. The number of urea groups is 1. The summed E-state index contributed by atoms with van der Waals surface area (Å²) in [6.07, 6.45) is 3.12. The number of amides is 3. The number of aliphatic hydroxyl groups is 3. The van der Waals surface area contributed by atoms with Crippen LogP contribution in [0, 0.1) is 0 Å². The fourth-order valence-electron chi connectivity index (χ4n) is 7.07. The lowest BCUT2D eigenvalue weighted by molar-refractivity contribution is -0.123. The van der Waals surface area contributed by atoms with E-state index in [0.717, 1.165) is 11.1 Å². The maximum atomic E-state index is 12.8. The van der Waals surface area contributed by atoms with E-state index in [4.69, 9.17) is 15.0 Å². The second kappa shape index (κ2) is 15.7. The van der Waals surface area contributed by atoms with E-state index in [1.165, 1.54) is 0 Å². The highest BCUT2D eigenvalue weighted by molar-refractivity contribution is 5.89. The van der Waals surface area contributed by atoms with Gasteiger partial charge in [-0.25, -0.2) is 9.78 Å². The van der Waals surface area contributed by atoms with Gasteiger partial charge in [-0.05, 0) is 36.1 Å². The smallest absolute Gasteiger partial charge is 0.319 e. The first kappa shape index (κ1) is 34.8. The molecule has 3 amide bonds. The van der Waals surface area contributed by atoms with Gasteiger partial charge in [0.05, 0.1) is 36.9 Å². The van der Waals surface area contributed by atoms with Gasteiger partial charge in [0.25, 0.3) is 0 Å². The predicted molar refractivity (Wildman–Crippen MR) is 195 cm³/mol. The van der Waals surface area contributed by atoms with Crippen LogP contribution in [-0.2, 0) is 4.79 Å². The summed E-state index contributed by atoms with van der Waals surface area (Å²) in [6, 6.07) is 22.1. The zero-order chi connectivity index (χ0) is 36.0. The normalized spacial score (nSPS) is 21.4. The van der Waals surface area contributed by atoms with Crippen molar-refractivity contribution in [3.8, 4) is 0 Å². The van der Waals surface area contributed by atoms with Crippen LogP contribution in [0.4, 0.5) is 22.2 Å². The number of carbonyl (C=O) groups is 2. The average Bonchev–Trinajstić information content (AvgIpc) is 3.88. The van der Waals surface area contributed by atoms with Gasteiger partial charge in [-0.2, -0.15) is 9.97 Å². The minimum absolute atomic E-state index is 0.00765. The molecule has 1 saturated heterocycles. The molecule has 7 N–H and O–H groups in total. The Labute approximate surface area is 300 Å². The Bertz CT molecular complexity index is 1930. The van der Waals surface area contributed by atoms with E-state index in [0.29, 0.717) is 54.7 Å². The second-order valence-electron chi connectivity index (χ2n) is 13.2. The van der Waals surface area contributed by atoms with Crippen LogP contribution < -0.4 is 26.2 Å². The van der Waals surface area contributed by atoms with Crippen molar-refractivity contribution in [3.05, 3.63) is 103 Å². The van der Waals surface area contributed by atoms with Gasteiger partial charge in [-0.1, -0.05) is 60.7 Å². The van der Waals surface area contributed by atoms with Crippen LogP contribution in [0.25, 0.3) is 11.2 Å². The summed E-state index contributed by atoms with van der Waals surface area (Å²) in [6.45, 7) is 1.21. The first-order chi connectivity index (χ1) is 25.4. The highest BCUT2D eigenvalue weighted by Gasteiger charge is 2.44. The third-order valence-electron chi connectivity index (χ3n) is 9.71. The summed E-state index contributed by atoms with van der Waals surface area (Å²) in [5.41, 5.74) is 3.79. The van der Waals surface area contributed by atoms with Crippen LogP contribution in [0.15, 0.2) is 91.5 Å². The molecule has 2 fully saturated rings. The first-order valence-electron chi connectivity index (χ1n) is 17.4. The van der Waals surface area contributed by atoms with Crippen molar-refractivity contribution in [2.45, 2.75) is 55.5 Å². The number of anilines is 3. The first-order valence-corrected chi connectivity index (χ1v) is 17.4. The lowest BCUT2D eigenvalue weighted by Crippen LogP contribution is -2.43. The molecule has 5 aromatic rings. The lowest BCUT2D eigenvalue weighted by atomic mass is 9.91. The summed E-state index contributed by atoms with van der Waals surface area (Å²) in [5.74, 6) is 0.503. The third-order valence-corrected chi connectivity index (χ3v) is 9.71. The number of aliphatic hydroxyl groups excluding tert-OH is 3. The highest BCUT2D eigenvalue weighted by atomic mass is 16.3. The number of hydrogen-bond donors (Lipinski definition) is 7. The summed E-state index contributed by atoms with van der Waals surface area (Å²) in [7, 11) is 0. The van der Waals surface area contributed by atoms with Crippen molar-refractivity contribution in [2.75, 3.05) is 41.8 Å². The van der Waals surface area contributed by atoms with Gasteiger partial charge in [-0.15, -0.1) is 0 Å². The van der Waals surface area contributed by atoms with Gasteiger partial charge in [0, 0.05) is 44.2 Å². The van der Waals surface area contributed by atoms with E-state index < -0.39 is 30.2 Å². The standard InChI is InChI=1S/C37H42N10O5/c48-17-14-30(49)43-28-18-29(33(51)32(28)50)47-22-40-31-34(39-20-27(23-8-3-1-4-9-23)24-10-5-2-6-11-24)44-36(45-35(31)47)46-16-13-26(21-46)42-37(52)41-25-12-7-15-38-19-25/h1-12,15,19,22,26-29,32-33,48,50-51H,13-14,16-18,20-21H2,(H,43,49)(H,39,44,45)(H2,41,42,52). The Morgan fingerprint density at radius 2 is 1.67 bits per heavy atom. The highest BCUT2D eigenvalue weighted by Crippen LogP contribution is 2.35. The maximum Gasteiger partial charge on any atom is 0.319 e. The van der Waals surface area contributed by atoms with Gasteiger partial charge in [0.15, 0.2) is 17.0 Å². The van der Waals surface area contributed by atoms with Gasteiger partial charge >= 0.3 is 6.03 Å². The van der Waals surface area contributed by atoms with Crippen molar-refractivity contribution in [1.82, 2.24) is 35.1 Å². The summed E-state index contributed by atoms with van der Waals surface area (Å²) in [5, 5.41) is 43.4. The Morgan fingerprint density at radius 3 is 2.37 bits per heavy atom. The Balaban J connectivity index is 1.18. The Morgan fingerprint density at radius 1 is 0.923 bits per heavy atom. The number of rotatable bonds is 12. The number of nitrogens with zero attached hydrogens (tertiary/aromatic N) is 6. The minimum Gasteiger partial charge on any atom is -0.396 e. The van der Waals surface area contributed by atoms with Crippen molar-refractivity contribution >= 4 is 40.6 Å². The quantitative estimate of drug-likeness (QED) is 0.100. The molecular formula is C37H42N10O5. The third kappa shape index (κ3) is 7.66. The number of aromatic nitrogens is 5. The number of pyridine rings is 1. The number of hydrogen-bond acceptors (Lipinski definition) is 11. The Kier molecular flexibility index (Phi) is 10.5. The zero-order valence-corrected chi connectivity index (χ0v) is 28.4. The van der Waals surface area contributed by atoms with Crippen molar-refractivity contribution < 1.29 is 24.9 Å². The molecule has 2 aliphatic rings. The predicted octanol–water partition coefficient (Wildman–Crippen LogP) is 2.40. The Hall–Kier alpha value is -5.64. The average molecular weight is 707 g/mol. The molecule has 270 valence electrons. The second-order valence-corrected chi connectivity index (χ2v) is 13.2. The SMILES string of the molecule is O=C(CCO)NC1CC(n2cnc3c(NCC(c4ccccc4)c4ccccc4)nc(N4CCC(NC(=O)Nc5cccnc5)C4)nc32)C(O)C1O. The van der Waals surface area contributed by atoms with Crippen molar-refractivity contribution in [3.63, 3.8) is 0 Å². The summed E-state index contributed by atoms with van der Waals surface area (Å²) >= 11 is 0. The molecule has 15 nitrogen and oxygen atoms in total. The van der Waals surface area contributed by atoms with E-state index in [1.807, 2.05) is 41.3 Å². The van der Waals surface area contributed by atoms with Crippen LogP contribution in [0.1, 0.15) is 42.3 Å². The fraction of sp³-hybridized carbons (Fsp3) is 0.351. The number of nitrogens with one attached hydrogen (secondary N) is 4. The van der Waals surface area contributed by atoms with E-state index in [1.54, 1.807) is 35.4 Å². The molecule has 1 aliphatic carbocycles. The summed E-state index contributed by atoms with van der Waals surface area (Å²) in [4.78, 5) is 45.7. The summed E-state index contributed by atoms with van der Waals surface area (Å²) < 4.78 is 1.73. The largest absolute Gasteiger partial charge is 0.396 e. The van der Waals surface area contributed by atoms with Crippen LogP contribution in [0.5, 0.6) is 0 Å². The molecule has 5 atom stereocenters. The van der Waals surface area contributed by atoms with Crippen LogP contribution in [0.3, 0.4) is 0 Å². The molecule has 2 aromatic carbocycles. The molecule has 0 radical (unpaired) electrons. The molecule has 3 aromatic heterocycles. The van der Waals surface area contributed by atoms with E-state index in [-0.39, 0.29) is 37.4 Å². The molecule has 4 heterocycles. The number of fused-ring (bicyclic) bond motifs is 1. The van der Waals surface area contributed by atoms with Gasteiger partial charge in [-0.3, -0.25) is 9.78 Å².